The van der Waals surface area contributed by atoms with Crippen molar-refractivity contribution in [3.05, 3.63) is 41.3 Å². The molecule has 1 aliphatic carbocycles. The smallest absolute Gasteiger partial charge is 0.226 e. The third-order valence-corrected chi connectivity index (χ3v) is 5.15. The van der Waals surface area contributed by atoms with Crippen LogP contribution in [0, 0.1) is 17.2 Å². The summed E-state index contributed by atoms with van der Waals surface area (Å²) in [5, 5.41) is 16.8. The van der Waals surface area contributed by atoms with E-state index in [0.717, 1.165) is 43.7 Å². The fourth-order valence-corrected chi connectivity index (χ4v) is 3.49. The number of aryl methyl sites for hydroxylation is 1. The lowest BCUT2D eigenvalue weighted by Gasteiger charge is -2.30. The van der Waals surface area contributed by atoms with Crippen molar-refractivity contribution >= 4 is 11.7 Å². The number of anilines is 1. The predicted octanol–water partition coefficient (Wildman–Crippen LogP) is 2.29. The van der Waals surface area contributed by atoms with Gasteiger partial charge in [0.15, 0.2) is 0 Å². The number of pyridine rings is 1. The molecule has 2 aromatic rings. The Morgan fingerprint density at radius 2 is 2.19 bits per heavy atom. The van der Waals surface area contributed by atoms with Gasteiger partial charge < -0.3 is 10.2 Å². The van der Waals surface area contributed by atoms with Crippen LogP contribution in [0.4, 0.5) is 5.82 Å². The van der Waals surface area contributed by atoms with Crippen LogP contribution in [0.15, 0.2) is 24.3 Å². The molecule has 0 atom stereocenters. The lowest BCUT2D eigenvalue weighted by atomic mass is 9.84. The van der Waals surface area contributed by atoms with Gasteiger partial charge in [-0.1, -0.05) is 12.5 Å². The number of rotatable bonds is 4. The van der Waals surface area contributed by atoms with E-state index in [4.69, 9.17) is 5.26 Å². The van der Waals surface area contributed by atoms with Crippen LogP contribution in [0.1, 0.15) is 42.8 Å². The Kier molecular flexibility index (Phi) is 4.57. The van der Waals surface area contributed by atoms with Crippen molar-refractivity contribution in [2.24, 2.45) is 5.92 Å². The Morgan fingerprint density at radius 3 is 2.96 bits per heavy atom. The Hall–Kier alpha value is -2.88. The van der Waals surface area contributed by atoms with Crippen molar-refractivity contribution < 1.29 is 4.79 Å². The molecule has 0 aromatic carbocycles. The van der Waals surface area contributed by atoms with Crippen molar-refractivity contribution in [3.63, 3.8) is 0 Å². The summed E-state index contributed by atoms with van der Waals surface area (Å²) in [5.74, 6) is 1.21. The molecule has 26 heavy (non-hydrogen) atoms. The van der Waals surface area contributed by atoms with E-state index in [2.05, 4.69) is 21.5 Å². The summed E-state index contributed by atoms with van der Waals surface area (Å²) in [7, 11) is 0. The maximum atomic E-state index is 12.6. The molecule has 1 amide bonds. The number of hydrogen-bond donors (Lipinski definition) is 1. The van der Waals surface area contributed by atoms with E-state index in [1.54, 1.807) is 12.1 Å². The van der Waals surface area contributed by atoms with Gasteiger partial charge in [-0.25, -0.2) is 4.98 Å². The van der Waals surface area contributed by atoms with Gasteiger partial charge in [-0.05, 0) is 37.5 Å². The highest BCUT2D eigenvalue weighted by Gasteiger charge is 2.30. The summed E-state index contributed by atoms with van der Waals surface area (Å²) >= 11 is 0. The minimum absolute atomic E-state index is 0.240. The van der Waals surface area contributed by atoms with E-state index >= 15 is 0 Å². The second-order valence-corrected chi connectivity index (χ2v) is 6.96. The maximum Gasteiger partial charge on any atom is 0.226 e. The zero-order valence-electron chi connectivity index (χ0n) is 14.7. The molecule has 2 aliphatic rings. The summed E-state index contributed by atoms with van der Waals surface area (Å²) in [5.41, 5.74) is 2.40. The molecular formula is C19H22N6O. The van der Waals surface area contributed by atoms with Gasteiger partial charge in [0.2, 0.25) is 5.91 Å². The van der Waals surface area contributed by atoms with Gasteiger partial charge >= 0.3 is 0 Å². The van der Waals surface area contributed by atoms with Gasteiger partial charge in [0.05, 0.1) is 24.5 Å². The molecular weight excluding hydrogens is 328 g/mol. The fourth-order valence-electron chi connectivity index (χ4n) is 3.49. The maximum absolute atomic E-state index is 12.6. The van der Waals surface area contributed by atoms with Crippen LogP contribution in [0.2, 0.25) is 0 Å². The standard InChI is InChI=1S/C19H22N6O/c20-11-15-6-2-7-18(22-15)21-12-16-10-17-13-24(8-3-9-25(17)23-16)19(26)14-4-1-5-14/h2,6-7,10,14H,1,3-5,8-9,12-13H2,(H,21,22). The predicted molar refractivity (Wildman–Crippen MR) is 95.9 cm³/mol. The van der Waals surface area contributed by atoms with Crippen molar-refractivity contribution in [2.75, 3.05) is 11.9 Å². The molecule has 7 heteroatoms. The molecule has 0 spiro atoms. The van der Waals surface area contributed by atoms with E-state index in [1.807, 2.05) is 21.7 Å². The zero-order valence-corrected chi connectivity index (χ0v) is 14.7. The highest BCUT2D eigenvalue weighted by Crippen LogP contribution is 2.29. The number of nitriles is 1. The first-order valence-electron chi connectivity index (χ1n) is 9.18. The van der Waals surface area contributed by atoms with Gasteiger partial charge in [0.1, 0.15) is 17.6 Å². The quantitative estimate of drug-likeness (QED) is 0.914. The van der Waals surface area contributed by atoms with Crippen LogP contribution in [-0.2, 0) is 24.4 Å². The lowest BCUT2D eigenvalue weighted by molar-refractivity contribution is -0.138. The number of amides is 1. The Labute approximate surface area is 152 Å². The molecule has 0 bridgehead atoms. The van der Waals surface area contributed by atoms with E-state index < -0.39 is 0 Å². The minimum Gasteiger partial charge on any atom is -0.364 e. The second-order valence-electron chi connectivity index (χ2n) is 6.96. The van der Waals surface area contributed by atoms with Crippen LogP contribution in [0.25, 0.3) is 0 Å². The fraction of sp³-hybridized carbons (Fsp3) is 0.474. The van der Waals surface area contributed by atoms with Gasteiger partial charge in [0.25, 0.3) is 0 Å². The van der Waals surface area contributed by atoms with Gasteiger partial charge in [0, 0.05) is 19.0 Å². The number of hydrogen-bond acceptors (Lipinski definition) is 5. The molecule has 1 aliphatic heterocycles. The molecule has 134 valence electrons. The van der Waals surface area contributed by atoms with E-state index in [-0.39, 0.29) is 5.92 Å². The van der Waals surface area contributed by atoms with Crippen LogP contribution in [0.3, 0.4) is 0 Å². The first kappa shape index (κ1) is 16.6. The lowest BCUT2D eigenvalue weighted by Crippen LogP contribution is -2.38. The Morgan fingerprint density at radius 1 is 1.31 bits per heavy atom. The Balaban J connectivity index is 1.42. The summed E-state index contributed by atoms with van der Waals surface area (Å²) in [6.45, 7) is 2.84. The molecule has 1 N–H and O–H groups in total. The van der Waals surface area contributed by atoms with Crippen LogP contribution in [-0.4, -0.2) is 32.1 Å². The molecule has 0 unspecified atom stereocenters. The summed E-state index contributed by atoms with van der Waals surface area (Å²) in [4.78, 5) is 18.8. The van der Waals surface area contributed by atoms with E-state index in [0.29, 0.717) is 30.5 Å². The zero-order chi connectivity index (χ0) is 17.9. The monoisotopic (exact) mass is 350 g/mol. The number of carbonyl (C=O) groups is 1. The van der Waals surface area contributed by atoms with Crippen molar-refractivity contribution in [1.29, 1.82) is 5.26 Å². The van der Waals surface area contributed by atoms with Gasteiger partial charge in [-0.2, -0.15) is 10.4 Å². The normalized spacial score (nSPS) is 17.0. The average Bonchev–Trinajstić information content (AvgIpc) is 2.89. The van der Waals surface area contributed by atoms with Crippen molar-refractivity contribution in [3.8, 4) is 6.07 Å². The first-order valence-corrected chi connectivity index (χ1v) is 9.18. The number of aromatic nitrogens is 3. The van der Waals surface area contributed by atoms with E-state index in [1.165, 1.54) is 6.42 Å². The summed E-state index contributed by atoms with van der Waals surface area (Å²) in [6.07, 6.45) is 4.20. The highest BCUT2D eigenvalue weighted by molar-refractivity contribution is 5.79. The van der Waals surface area contributed by atoms with Crippen LogP contribution in [0.5, 0.6) is 0 Å². The topological polar surface area (TPSA) is 86.8 Å². The number of nitrogens with zero attached hydrogens (tertiary/aromatic N) is 5. The summed E-state index contributed by atoms with van der Waals surface area (Å²) in [6, 6.07) is 9.42. The molecule has 0 radical (unpaired) electrons. The first-order chi connectivity index (χ1) is 12.7. The molecule has 1 fully saturated rings. The molecule has 3 heterocycles. The number of fused-ring (bicyclic) bond motifs is 1. The van der Waals surface area contributed by atoms with E-state index in [9.17, 15) is 4.79 Å². The molecule has 1 saturated carbocycles. The van der Waals surface area contributed by atoms with Crippen LogP contribution >= 0.6 is 0 Å². The number of nitrogens with one attached hydrogen (secondary N) is 1. The molecule has 0 saturated heterocycles. The third kappa shape index (κ3) is 3.40. The molecule has 4 rings (SSSR count). The van der Waals surface area contributed by atoms with Gasteiger partial charge in [-0.3, -0.25) is 9.48 Å². The summed E-state index contributed by atoms with van der Waals surface area (Å²) < 4.78 is 2.02. The van der Waals surface area contributed by atoms with Gasteiger partial charge in [-0.15, -0.1) is 0 Å². The van der Waals surface area contributed by atoms with Crippen molar-refractivity contribution in [2.45, 2.75) is 45.3 Å². The number of carbonyl (C=O) groups excluding carboxylic acids is 1. The molecule has 7 nitrogen and oxygen atoms in total. The third-order valence-electron chi connectivity index (χ3n) is 5.15. The van der Waals surface area contributed by atoms with Crippen molar-refractivity contribution in [1.82, 2.24) is 19.7 Å². The van der Waals surface area contributed by atoms with Crippen LogP contribution < -0.4 is 5.32 Å². The SMILES string of the molecule is N#Cc1cccc(NCc2cc3n(n2)CCCN(C(=O)C2CCC2)C3)n1. The minimum atomic E-state index is 0.240. The molecule has 2 aromatic heterocycles. The Bertz CT molecular complexity index is 848. The second kappa shape index (κ2) is 7.16. The average molecular weight is 350 g/mol. The largest absolute Gasteiger partial charge is 0.364 e. The highest BCUT2D eigenvalue weighted by atomic mass is 16.2.